The smallest absolute Gasteiger partial charge is 0.419 e. The molecule has 0 heterocycles. The molecule has 0 spiro atoms. The average molecular weight is 295 g/mol. The molecule has 2 aromatic rings. The van der Waals surface area contributed by atoms with Crippen molar-refractivity contribution in [3.63, 3.8) is 0 Å². The summed E-state index contributed by atoms with van der Waals surface area (Å²) in [5, 5.41) is 0. The summed E-state index contributed by atoms with van der Waals surface area (Å²) in [5.74, 6) is -0.123. The number of hydrogen-bond acceptors (Lipinski definition) is 2. The van der Waals surface area contributed by atoms with Crippen LogP contribution in [0.25, 0.3) is 0 Å². The number of nitrogens with two attached hydrogens (primary N) is 1. The molecule has 2 N–H and O–H groups in total. The van der Waals surface area contributed by atoms with Gasteiger partial charge in [0.15, 0.2) is 0 Å². The van der Waals surface area contributed by atoms with Crippen LogP contribution in [-0.2, 0) is 12.6 Å². The van der Waals surface area contributed by atoms with Gasteiger partial charge in [-0.05, 0) is 42.7 Å². The second-order valence-corrected chi connectivity index (χ2v) is 4.69. The Labute approximate surface area is 121 Å². The SMILES string of the molecule is Nc1ccc(CCCOc2ccccc2C(F)(F)F)cc1. The van der Waals surface area contributed by atoms with E-state index in [1.165, 1.54) is 18.2 Å². The van der Waals surface area contributed by atoms with E-state index < -0.39 is 11.7 Å². The molecule has 0 fully saturated rings. The zero-order valence-corrected chi connectivity index (χ0v) is 11.4. The Balaban J connectivity index is 1.88. The van der Waals surface area contributed by atoms with Crippen molar-refractivity contribution in [2.75, 3.05) is 12.3 Å². The molecule has 2 aromatic carbocycles. The van der Waals surface area contributed by atoms with E-state index in [0.29, 0.717) is 12.1 Å². The van der Waals surface area contributed by atoms with E-state index in [2.05, 4.69) is 0 Å². The second-order valence-electron chi connectivity index (χ2n) is 4.69. The van der Waals surface area contributed by atoms with Crippen LogP contribution in [0.1, 0.15) is 17.5 Å². The summed E-state index contributed by atoms with van der Waals surface area (Å²) in [6.45, 7) is 0.234. The van der Waals surface area contributed by atoms with Gasteiger partial charge in [0.2, 0.25) is 0 Å². The number of alkyl halides is 3. The second kappa shape index (κ2) is 6.52. The lowest BCUT2D eigenvalue weighted by Crippen LogP contribution is -2.09. The fraction of sp³-hybridized carbons (Fsp3) is 0.250. The fourth-order valence-corrected chi connectivity index (χ4v) is 1.97. The third-order valence-corrected chi connectivity index (χ3v) is 3.04. The highest BCUT2D eigenvalue weighted by Crippen LogP contribution is 2.35. The number of ether oxygens (including phenoxy) is 1. The van der Waals surface area contributed by atoms with Gasteiger partial charge in [0, 0.05) is 5.69 Å². The first-order valence-corrected chi connectivity index (χ1v) is 6.60. The Morgan fingerprint density at radius 1 is 0.952 bits per heavy atom. The molecule has 0 aromatic heterocycles. The quantitative estimate of drug-likeness (QED) is 0.659. The molecule has 0 bridgehead atoms. The lowest BCUT2D eigenvalue weighted by molar-refractivity contribution is -0.138. The molecule has 0 aliphatic rings. The van der Waals surface area contributed by atoms with Crippen molar-refractivity contribution in [1.29, 1.82) is 0 Å². The highest BCUT2D eigenvalue weighted by Gasteiger charge is 2.33. The molecule has 2 nitrogen and oxygen atoms in total. The number of aryl methyl sites for hydroxylation is 1. The number of hydrogen-bond donors (Lipinski definition) is 1. The van der Waals surface area contributed by atoms with Gasteiger partial charge in [0.25, 0.3) is 0 Å². The van der Waals surface area contributed by atoms with Crippen molar-refractivity contribution >= 4 is 5.69 Å². The van der Waals surface area contributed by atoms with Crippen LogP contribution in [-0.4, -0.2) is 6.61 Å². The maximum Gasteiger partial charge on any atom is 0.419 e. The molecule has 0 saturated heterocycles. The molecule has 0 aliphatic carbocycles. The molecular formula is C16H16F3NO. The highest BCUT2D eigenvalue weighted by molar-refractivity contribution is 5.39. The van der Waals surface area contributed by atoms with Gasteiger partial charge in [-0.2, -0.15) is 13.2 Å². The van der Waals surface area contributed by atoms with Gasteiger partial charge in [-0.15, -0.1) is 0 Å². The predicted octanol–water partition coefficient (Wildman–Crippen LogP) is 4.30. The van der Waals surface area contributed by atoms with E-state index in [0.717, 1.165) is 18.1 Å². The van der Waals surface area contributed by atoms with E-state index in [1.54, 1.807) is 12.1 Å². The molecule has 0 radical (unpaired) electrons. The van der Waals surface area contributed by atoms with Crippen molar-refractivity contribution in [1.82, 2.24) is 0 Å². The predicted molar refractivity (Wildman–Crippen MR) is 76.1 cm³/mol. The zero-order chi connectivity index (χ0) is 15.3. The molecule has 0 unspecified atom stereocenters. The van der Waals surface area contributed by atoms with Crippen LogP contribution in [0.2, 0.25) is 0 Å². The maximum atomic E-state index is 12.8. The number of rotatable bonds is 5. The van der Waals surface area contributed by atoms with Crippen molar-refractivity contribution in [2.45, 2.75) is 19.0 Å². The standard InChI is InChI=1S/C16H16F3NO/c17-16(18,19)14-5-1-2-6-15(14)21-11-3-4-12-7-9-13(20)10-8-12/h1-2,5-10H,3-4,11,20H2. The highest BCUT2D eigenvalue weighted by atomic mass is 19.4. The van der Waals surface area contributed by atoms with Gasteiger partial charge in [-0.3, -0.25) is 0 Å². The summed E-state index contributed by atoms with van der Waals surface area (Å²) < 4.78 is 43.6. The first-order chi connectivity index (χ1) is 9.97. The monoisotopic (exact) mass is 295 g/mol. The first-order valence-electron chi connectivity index (χ1n) is 6.60. The Morgan fingerprint density at radius 3 is 2.29 bits per heavy atom. The Kier molecular flexibility index (Phi) is 4.73. The molecule has 0 aliphatic heterocycles. The molecule has 2 rings (SSSR count). The minimum atomic E-state index is -4.40. The van der Waals surface area contributed by atoms with E-state index in [4.69, 9.17) is 10.5 Å². The van der Waals surface area contributed by atoms with Gasteiger partial charge in [-0.25, -0.2) is 0 Å². The van der Waals surface area contributed by atoms with Crippen LogP contribution in [0.5, 0.6) is 5.75 Å². The van der Waals surface area contributed by atoms with Crippen molar-refractivity contribution < 1.29 is 17.9 Å². The number of benzene rings is 2. The lowest BCUT2D eigenvalue weighted by Gasteiger charge is -2.13. The molecule has 0 amide bonds. The lowest BCUT2D eigenvalue weighted by atomic mass is 10.1. The summed E-state index contributed by atoms with van der Waals surface area (Å²) in [5.41, 5.74) is 6.61. The normalized spacial score (nSPS) is 11.4. The summed E-state index contributed by atoms with van der Waals surface area (Å²) in [6, 6.07) is 12.7. The largest absolute Gasteiger partial charge is 0.493 e. The first kappa shape index (κ1) is 15.2. The third kappa shape index (κ3) is 4.41. The number of para-hydroxylation sites is 1. The average Bonchev–Trinajstić information content (AvgIpc) is 2.45. The summed E-state index contributed by atoms with van der Waals surface area (Å²) in [4.78, 5) is 0. The van der Waals surface area contributed by atoms with E-state index in [-0.39, 0.29) is 12.4 Å². The minimum absolute atomic E-state index is 0.123. The zero-order valence-electron chi connectivity index (χ0n) is 11.4. The number of halogens is 3. The number of nitrogen functional groups attached to an aromatic ring is 1. The van der Waals surface area contributed by atoms with Gasteiger partial charge in [-0.1, -0.05) is 24.3 Å². The summed E-state index contributed by atoms with van der Waals surface area (Å²) in [6.07, 6.45) is -3.03. The molecule has 21 heavy (non-hydrogen) atoms. The molecule has 5 heteroatoms. The maximum absolute atomic E-state index is 12.8. The molecular weight excluding hydrogens is 279 g/mol. The van der Waals surface area contributed by atoms with Crippen LogP contribution < -0.4 is 10.5 Å². The summed E-state index contributed by atoms with van der Waals surface area (Å²) in [7, 11) is 0. The van der Waals surface area contributed by atoms with Crippen LogP contribution in [0.3, 0.4) is 0 Å². The molecule has 0 saturated carbocycles. The van der Waals surface area contributed by atoms with Crippen molar-refractivity contribution in [3.05, 3.63) is 59.7 Å². The molecule has 112 valence electrons. The van der Waals surface area contributed by atoms with Gasteiger partial charge in [0.05, 0.1) is 12.2 Å². The van der Waals surface area contributed by atoms with Crippen molar-refractivity contribution in [2.24, 2.45) is 0 Å². The van der Waals surface area contributed by atoms with Crippen LogP contribution in [0.15, 0.2) is 48.5 Å². The van der Waals surface area contributed by atoms with E-state index >= 15 is 0 Å². The Hall–Kier alpha value is -2.17. The Morgan fingerprint density at radius 2 is 1.62 bits per heavy atom. The topological polar surface area (TPSA) is 35.2 Å². The summed E-state index contributed by atoms with van der Waals surface area (Å²) >= 11 is 0. The third-order valence-electron chi connectivity index (χ3n) is 3.04. The molecule has 0 atom stereocenters. The van der Waals surface area contributed by atoms with E-state index in [9.17, 15) is 13.2 Å². The number of anilines is 1. The van der Waals surface area contributed by atoms with Crippen LogP contribution in [0.4, 0.5) is 18.9 Å². The Bertz CT molecular complexity index is 579. The van der Waals surface area contributed by atoms with Crippen molar-refractivity contribution in [3.8, 4) is 5.75 Å². The van der Waals surface area contributed by atoms with Crippen LogP contribution >= 0.6 is 0 Å². The van der Waals surface area contributed by atoms with Crippen LogP contribution in [0, 0.1) is 0 Å². The van der Waals surface area contributed by atoms with Gasteiger partial charge in [0.1, 0.15) is 5.75 Å². The van der Waals surface area contributed by atoms with E-state index in [1.807, 2.05) is 12.1 Å². The van der Waals surface area contributed by atoms with Gasteiger partial charge >= 0.3 is 6.18 Å². The van der Waals surface area contributed by atoms with Gasteiger partial charge < -0.3 is 10.5 Å². The minimum Gasteiger partial charge on any atom is -0.493 e. The fourth-order valence-electron chi connectivity index (χ4n) is 1.97.